The van der Waals surface area contributed by atoms with Gasteiger partial charge in [0.1, 0.15) is 5.58 Å². The van der Waals surface area contributed by atoms with Crippen molar-refractivity contribution in [2.24, 2.45) is 0 Å². The van der Waals surface area contributed by atoms with E-state index in [1.807, 2.05) is 6.92 Å². The van der Waals surface area contributed by atoms with Crippen LogP contribution < -0.4 is 5.43 Å². The van der Waals surface area contributed by atoms with Crippen LogP contribution in [-0.4, -0.2) is 33.9 Å². The number of rotatable bonds is 4. The molecule has 0 aliphatic rings. The zero-order valence-corrected chi connectivity index (χ0v) is 13.5. The summed E-state index contributed by atoms with van der Waals surface area (Å²) in [5.41, 5.74) is 0.975. The first-order chi connectivity index (χ1) is 11.6. The van der Waals surface area contributed by atoms with E-state index in [1.165, 1.54) is 6.07 Å². The van der Waals surface area contributed by atoms with E-state index in [0.717, 1.165) is 5.69 Å². The third-order valence-corrected chi connectivity index (χ3v) is 3.95. The van der Waals surface area contributed by atoms with Crippen molar-refractivity contribution >= 4 is 16.9 Å². The molecule has 1 atom stereocenters. The fourth-order valence-electron chi connectivity index (χ4n) is 2.46. The topological polar surface area (TPSA) is 76.3 Å². The highest BCUT2D eigenvalue weighted by Gasteiger charge is 2.21. The van der Waals surface area contributed by atoms with Crippen molar-refractivity contribution in [3.05, 3.63) is 70.6 Å². The highest BCUT2D eigenvalue weighted by atomic mass is 16.3. The van der Waals surface area contributed by atoms with Gasteiger partial charge >= 0.3 is 0 Å². The first kappa shape index (κ1) is 15.9. The number of fused-ring (bicyclic) bond motifs is 1. The molecular weight excluding hydrogens is 306 g/mol. The number of hydrogen-bond donors (Lipinski definition) is 0. The van der Waals surface area contributed by atoms with E-state index >= 15 is 0 Å². The van der Waals surface area contributed by atoms with Crippen LogP contribution in [0.1, 0.15) is 23.2 Å². The third-order valence-electron chi connectivity index (χ3n) is 3.95. The lowest BCUT2D eigenvalue weighted by molar-refractivity contribution is 0.0711. The second-order valence-electron chi connectivity index (χ2n) is 5.64. The Balaban J connectivity index is 1.84. The number of hydrogen-bond acceptors (Lipinski definition) is 5. The second-order valence-corrected chi connectivity index (χ2v) is 5.64. The lowest BCUT2D eigenvalue weighted by Gasteiger charge is -2.24. The van der Waals surface area contributed by atoms with Gasteiger partial charge in [-0.25, -0.2) is 0 Å². The smallest absolute Gasteiger partial charge is 0.289 e. The summed E-state index contributed by atoms with van der Waals surface area (Å²) in [5.74, 6) is -0.304. The van der Waals surface area contributed by atoms with Crippen LogP contribution in [0.5, 0.6) is 0 Å². The molecule has 6 heteroatoms. The van der Waals surface area contributed by atoms with Crippen molar-refractivity contribution in [3.8, 4) is 0 Å². The predicted molar refractivity (Wildman–Crippen MR) is 89.8 cm³/mol. The molecule has 0 spiro atoms. The summed E-state index contributed by atoms with van der Waals surface area (Å²) in [4.78, 5) is 34.5. The maximum absolute atomic E-state index is 12.6. The average molecular weight is 323 g/mol. The molecule has 3 aromatic rings. The number of likely N-dealkylation sites (N-methyl/N-ethyl adjacent to an activating group) is 1. The van der Waals surface area contributed by atoms with Gasteiger partial charge in [-0.05, 0) is 19.1 Å². The molecule has 0 N–H and O–H groups in total. The lowest BCUT2D eigenvalue weighted by Crippen LogP contribution is -2.37. The summed E-state index contributed by atoms with van der Waals surface area (Å²) in [5, 5.41) is 0.462. The maximum atomic E-state index is 12.6. The first-order valence-corrected chi connectivity index (χ1v) is 7.61. The SMILES string of the molecule is C[C@H](Cc1cnccn1)N(C)C(=O)c1cc(=O)c2ccccc2o1. The first-order valence-electron chi connectivity index (χ1n) is 7.61. The molecule has 2 aromatic heterocycles. The Morgan fingerprint density at radius 1 is 1.29 bits per heavy atom. The van der Waals surface area contributed by atoms with Crippen molar-refractivity contribution in [1.29, 1.82) is 0 Å². The Kier molecular flexibility index (Phi) is 4.37. The second kappa shape index (κ2) is 6.62. The van der Waals surface area contributed by atoms with Crippen LogP contribution in [-0.2, 0) is 6.42 Å². The quantitative estimate of drug-likeness (QED) is 0.736. The molecule has 0 saturated carbocycles. The Labute approximate surface area is 138 Å². The molecule has 0 aliphatic carbocycles. The fourth-order valence-corrected chi connectivity index (χ4v) is 2.46. The van der Waals surface area contributed by atoms with Crippen LogP contribution in [0.3, 0.4) is 0 Å². The van der Waals surface area contributed by atoms with Gasteiger partial charge in [0.25, 0.3) is 5.91 Å². The zero-order valence-electron chi connectivity index (χ0n) is 13.5. The van der Waals surface area contributed by atoms with Gasteiger partial charge in [0.15, 0.2) is 11.2 Å². The Bertz CT molecular complexity index is 921. The van der Waals surface area contributed by atoms with Crippen molar-refractivity contribution in [1.82, 2.24) is 14.9 Å². The summed E-state index contributed by atoms with van der Waals surface area (Å²) >= 11 is 0. The summed E-state index contributed by atoms with van der Waals surface area (Å²) in [6.45, 7) is 1.91. The Morgan fingerprint density at radius 3 is 2.83 bits per heavy atom. The van der Waals surface area contributed by atoms with Crippen molar-refractivity contribution in [3.63, 3.8) is 0 Å². The van der Waals surface area contributed by atoms with Gasteiger partial charge in [-0.1, -0.05) is 12.1 Å². The van der Waals surface area contributed by atoms with Gasteiger partial charge in [-0.15, -0.1) is 0 Å². The van der Waals surface area contributed by atoms with Crippen LogP contribution in [0, 0.1) is 0 Å². The molecule has 0 unspecified atom stereocenters. The molecule has 24 heavy (non-hydrogen) atoms. The minimum absolute atomic E-state index is 0.0344. The molecule has 122 valence electrons. The van der Waals surface area contributed by atoms with Gasteiger partial charge in [0.05, 0.1) is 11.1 Å². The predicted octanol–water partition coefficient (Wildman–Crippen LogP) is 2.29. The van der Waals surface area contributed by atoms with Gasteiger partial charge in [-0.2, -0.15) is 0 Å². The van der Waals surface area contributed by atoms with Crippen LogP contribution in [0.2, 0.25) is 0 Å². The number of nitrogens with zero attached hydrogens (tertiary/aromatic N) is 3. The minimum atomic E-state index is -0.339. The van der Waals surface area contributed by atoms with E-state index < -0.39 is 0 Å². The summed E-state index contributed by atoms with van der Waals surface area (Å²) < 4.78 is 5.61. The van der Waals surface area contributed by atoms with E-state index in [4.69, 9.17) is 4.42 Å². The van der Waals surface area contributed by atoms with Crippen LogP contribution in [0.4, 0.5) is 0 Å². The molecule has 3 rings (SSSR count). The maximum Gasteiger partial charge on any atom is 0.289 e. The van der Waals surface area contributed by atoms with E-state index in [0.29, 0.717) is 17.4 Å². The number of aromatic nitrogens is 2. The van der Waals surface area contributed by atoms with E-state index in [2.05, 4.69) is 9.97 Å². The largest absolute Gasteiger partial charge is 0.451 e. The molecular formula is C18H17N3O3. The highest BCUT2D eigenvalue weighted by molar-refractivity contribution is 5.93. The van der Waals surface area contributed by atoms with Crippen molar-refractivity contribution < 1.29 is 9.21 Å². The lowest BCUT2D eigenvalue weighted by atomic mass is 10.1. The van der Waals surface area contributed by atoms with Crippen molar-refractivity contribution in [2.45, 2.75) is 19.4 Å². The summed E-state index contributed by atoms with van der Waals surface area (Å²) in [6, 6.07) is 8.00. The highest BCUT2D eigenvalue weighted by Crippen LogP contribution is 2.14. The summed E-state index contributed by atoms with van der Waals surface area (Å²) in [7, 11) is 1.68. The van der Waals surface area contributed by atoms with Crippen LogP contribution >= 0.6 is 0 Å². The molecule has 1 amide bonds. The number of amides is 1. The van der Waals surface area contributed by atoms with Crippen LogP contribution in [0.15, 0.2) is 58.1 Å². The number of para-hydroxylation sites is 1. The normalized spacial score (nSPS) is 12.1. The Morgan fingerprint density at radius 2 is 2.08 bits per heavy atom. The summed E-state index contributed by atoms with van der Waals surface area (Å²) in [6.07, 6.45) is 5.46. The number of benzene rings is 1. The molecule has 0 bridgehead atoms. The van der Waals surface area contributed by atoms with Crippen molar-refractivity contribution in [2.75, 3.05) is 7.05 Å². The van der Waals surface area contributed by atoms with Gasteiger partial charge < -0.3 is 9.32 Å². The van der Waals surface area contributed by atoms with E-state index in [-0.39, 0.29) is 23.1 Å². The average Bonchev–Trinajstić information content (AvgIpc) is 2.61. The Hall–Kier alpha value is -3.02. The standard InChI is InChI=1S/C18H17N3O3/c1-12(9-13-11-19-7-8-20-13)21(2)18(23)17-10-15(22)14-5-3-4-6-16(14)24-17/h3-8,10-12H,9H2,1-2H3/t12-/m1/s1. The number of carbonyl (C=O) groups excluding carboxylic acids is 1. The van der Waals surface area contributed by atoms with E-state index in [9.17, 15) is 9.59 Å². The molecule has 2 heterocycles. The molecule has 0 saturated heterocycles. The third kappa shape index (κ3) is 3.17. The molecule has 1 aromatic carbocycles. The molecule has 0 fully saturated rings. The van der Waals surface area contributed by atoms with Gasteiger partial charge in [0.2, 0.25) is 0 Å². The zero-order chi connectivity index (χ0) is 17.1. The number of carbonyl (C=O) groups is 1. The minimum Gasteiger partial charge on any atom is -0.451 e. The monoisotopic (exact) mass is 323 g/mol. The van der Waals surface area contributed by atoms with Gasteiger partial charge in [-0.3, -0.25) is 19.6 Å². The molecule has 0 radical (unpaired) electrons. The molecule has 6 nitrogen and oxygen atoms in total. The molecule has 0 aliphatic heterocycles. The van der Waals surface area contributed by atoms with Crippen LogP contribution in [0.25, 0.3) is 11.0 Å². The van der Waals surface area contributed by atoms with Gasteiger partial charge in [0, 0.05) is 44.2 Å². The van der Waals surface area contributed by atoms with E-state index in [1.54, 1.807) is 54.8 Å². The fraction of sp³-hybridized carbons (Fsp3) is 0.222.